The van der Waals surface area contributed by atoms with Crippen LogP contribution in [0.25, 0.3) is 0 Å². The molecule has 0 unspecified atom stereocenters. The van der Waals surface area contributed by atoms with E-state index in [4.69, 9.17) is 4.74 Å². The number of ketones is 1. The van der Waals surface area contributed by atoms with Gasteiger partial charge in [-0.3, -0.25) is 4.79 Å². The van der Waals surface area contributed by atoms with E-state index in [0.717, 1.165) is 30.1 Å². The smallest absolute Gasteiger partial charge is 0.188 e. The summed E-state index contributed by atoms with van der Waals surface area (Å²) in [4.78, 5) is 12.3. The number of rotatable bonds is 0. The number of fused-ring (bicyclic) bond motifs is 3. The van der Waals surface area contributed by atoms with Crippen molar-refractivity contribution in [3.63, 3.8) is 0 Å². The summed E-state index contributed by atoms with van der Waals surface area (Å²) in [7, 11) is 0. The lowest BCUT2D eigenvalue weighted by molar-refractivity contribution is -0.173. The number of carbonyl (C=O) groups is 1. The van der Waals surface area contributed by atoms with E-state index in [1.54, 1.807) is 0 Å². The molecule has 2 nitrogen and oxygen atoms in total. The first-order valence-corrected chi connectivity index (χ1v) is 9.04. The molecule has 0 radical (unpaired) electrons. The topological polar surface area (TPSA) is 26.3 Å². The van der Waals surface area contributed by atoms with E-state index >= 15 is 0 Å². The molecule has 5 aliphatic carbocycles. The van der Waals surface area contributed by atoms with Crippen LogP contribution in [0, 0.1) is 29.1 Å². The van der Waals surface area contributed by atoms with Gasteiger partial charge in [-0.05, 0) is 79.4 Å². The second kappa shape index (κ2) is 3.84. The van der Waals surface area contributed by atoms with Crippen molar-refractivity contribution in [1.82, 2.24) is 0 Å². The number of carbonyl (C=O) groups excluding carboxylic acids is 1. The Kier molecular flexibility index (Phi) is 2.15. The summed E-state index contributed by atoms with van der Waals surface area (Å²) in [5, 5.41) is 0. The van der Waals surface area contributed by atoms with Crippen LogP contribution in [0.4, 0.5) is 0 Å². The zero-order valence-corrected chi connectivity index (χ0v) is 12.8. The van der Waals surface area contributed by atoms with E-state index in [-0.39, 0.29) is 23.4 Å². The minimum atomic E-state index is -0.275. The van der Waals surface area contributed by atoms with Gasteiger partial charge in [0.2, 0.25) is 0 Å². The van der Waals surface area contributed by atoms with Gasteiger partial charge in [0, 0.05) is 5.41 Å². The van der Waals surface area contributed by atoms with Crippen LogP contribution < -0.4 is 0 Å². The van der Waals surface area contributed by atoms with E-state index < -0.39 is 0 Å². The van der Waals surface area contributed by atoms with Gasteiger partial charge in [-0.25, -0.2) is 0 Å². The molecule has 0 saturated heterocycles. The Balaban J connectivity index is 1.59. The van der Waals surface area contributed by atoms with Crippen LogP contribution in [0.2, 0.25) is 0 Å². The van der Waals surface area contributed by atoms with E-state index in [2.05, 4.69) is 18.2 Å². The van der Waals surface area contributed by atoms with E-state index in [9.17, 15) is 4.79 Å². The van der Waals surface area contributed by atoms with E-state index in [0.29, 0.717) is 0 Å². The maximum Gasteiger partial charge on any atom is 0.188 e. The Hall–Kier alpha value is -1.15. The van der Waals surface area contributed by atoms with Crippen molar-refractivity contribution in [1.29, 1.82) is 0 Å². The van der Waals surface area contributed by atoms with E-state index in [1.807, 2.05) is 6.08 Å². The lowest BCUT2D eigenvalue weighted by Crippen LogP contribution is -2.62. The van der Waals surface area contributed by atoms with Crippen LogP contribution >= 0.6 is 0 Å². The predicted octanol–water partition coefficient (Wildman–Crippen LogP) is 3.59. The molecule has 2 atom stereocenters. The lowest BCUT2D eigenvalue weighted by atomic mass is 9.41. The maximum absolute atomic E-state index is 12.3. The number of hydrogen-bond donors (Lipinski definition) is 0. The molecule has 4 saturated carbocycles. The first-order chi connectivity index (χ1) is 10.8. The molecule has 7 aliphatic rings. The second-order valence-corrected chi connectivity index (χ2v) is 8.48. The van der Waals surface area contributed by atoms with Gasteiger partial charge in [-0.2, -0.15) is 0 Å². The van der Waals surface area contributed by atoms with Crippen LogP contribution in [0.5, 0.6) is 0 Å². The molecular weight excluding hydrogens is 272 g/mol. The molecule has 0 N–H and O–H groups in total. The molecule has 7 rings (SSSR count). The largest absolute Gasteiger partial charge is 0.357 e. The van der Waals surface area contributed by atoms with Crippen molar-refractivity contribution in [3.05, 3.63) is 35.5 Å². The van der Waals surface area contributed by atoms with Gasteiger partial charge in [0.05, 0.1) is 6.10 Å². The molecule has 22 heavy (non-hydrogen) atoms. The summed E-state index contributed by atoms with van der Waals surface area (Å²) in [5.41, 5.74) is 3.03. The summed E-state index contributed by atoms with van der Waals surface area (Å²) in [6, 6.07) is 0. The van der Waals surface area contributed by atoms with Crippen molar-refractivity contribution in [2.75, 3.05) is 0 Å². The zero-order chi connectivity index (χ0) is 14.5. The minimum absolute atomic E-state index is 0.145. The number of ether oxygens (including phenoxy) is 1. The molecule has 6 bridgehead atoms. The Morgan fingerprint density at radius 3 is 2.45 bits per heavy atom. The fourth-order valence-corrected chi connectivity index (χ4v) is 7.27. The molecule has 0 amide bonds. The number of allylic oxidation sites excluding steroid dienone is 2. The predicted molar refractivity (Wildman–Crippen MR) is 83.1 cm³/mol. The van der Waals surface area contributed by atoms with Crippen molar-refractivity contribution in [2.24, 2.45) is 29.1 Å². The molecule has 2 heteroatoms. The number of hydrogen-bond acceptors (Lipinski definition) is 2. The van der Waals surface area contributed by atoms with Gasteiger partial charge >= 0.3 is 0 Å². The normalized spacial score (nSPS) is 53.7. The Bertz CT molecular complexity index is 637. The quantitative estimate of drug-likeness (QED) is 0.682. The van der Waals surface area contributed by atoms with Gasteiger partial charge < -0.3 is 4.74 Å². The average Bonchev–Trinajstić information content (AvgIpc) is 2.98. The molecule has 2 heterocycles. The zero-order valence-electron chi connectivity index (χ0n) is 12.8. The van der Waals surface area contributed by atoms with Gasteiger partial charge in [-0.1, -0.05) is 18.2 Å². The highest BCUT2D eigenvalue weighted by molar-refractivity contribution is 5.97. The molecule has 114 valence electrons. The lowest BCUT2D eigenvalue weighted by Gasteiger charge is -2.65. The fourth-order valence-electron chi connectivity index (χ4n) is 7.27. The third-order valence-electron chi connectivity index (χ3n) is 7.69. The summed E-state index contributed by atoms with van der Waals surface area (Å²) < 4.78 is 6.39. The van der Waals surface area contributed by atoms with Gasteiger partial charge in [0.15, 0.2) is 5.78 Å². The monoisotopic (exact) mass is 294 g/mol. The van der Waals surface area contributed by atoms with Crippen molar-refractivity contribution < 1.29 is 9.53 Å². The molecule has 2 aliphatic heterocycles. The van der Waals surface area contributed by atoms with Crippen molar-refractivity contribution >= 4 is 5.78 Å². The van der Waals surface area contributed by atoms with Crippen LogP contribution in [0.1, 0.15) is 38.5 Å². The van der Waals surface area contributed by atoms with Crippen molar-refractivity contribution in [2.45, 2.75) is 50.7 Å². The van der Waals surface area contributed by atoms with Gasteiger partial charge in [0.25, 0.3) is 0 Å². The second-order valence-electron chi connectivity index (χ2n) is 8.48. The Morgan fingerprint density at radius 1 is 1.00 bits per heavy atom. The average molecular weight is 294 g/mol. The Labute approximate surface area is 131 Å². The molecule has 0 aromatic heterocycles. The molecule has 0 aromatic carbocycles. The van der Waals surface area contributed by atoms with Crippen molar-refractivity contribution in [3.8, 4) is 0 Å². The minimum Gasteiger partial charge on any atom is -0.357 e. The summed E-state index contributed by atoms with van der Waals surface area (Å²) in [6.45, 7) is 0. The molecule has 4 fully saturated rings. The van der Waals surface area contributed by atoms with Crippen LogP contribution in [-0.4, -0.2) is 18.0 Å². The summed E-state index contributed by atoms with van der Waals surface area (Å²) in [5.74, 6) is 3.65. The first kappa shape index (κ1) is 12.3. The SMILES string of the molecule is O=C1C=C[C@H]2O[C@@H]1C1=C(C=CC1)C21C2CC3CC(C2)CC1C3. The van der Waals surface area contributed by atoms with Crippen LogP contribution in [0.3, 0.4) is 0 Å². The fraction of sp³-hybridized carbons (Fsp3) is 0.650. The van der Waals surface area contributed by atoms with Gasteiger partial charge in [0.1, 0.15) is 6.10 Å². The first-order valence-electron chi connectivity index (χ1n) is 9.04. The third-order valence-corrected chi connectivity index (χ3v) is 7.69. The summed E-state index contributed by atoms with van der Waals surface area (Å²) >= 11 is 0. The third kappa shape index (κ3) is 1.23. The standard InChI is InChI=1S/C20H22O2/c21-17-4-5-18-20(16-3-1-2-15(16)19(17)22-18)13-7-11-6-12(9-13)10-14(20)8-11/h1,3-5,11-14,18-19H,2,6-10H2/t11?,12?,13?,14?,18-,19-,20?/m1/s1. The Morgan fingerprint density at radius 2 is 1.73 bits per heavy atom. The molecular formula is C20H22O2. The summed E-state index contributed by atoms with van der Waals surface area (Å²) in [6.07, 6.45) is 16.4. The van der Waals surface area contributed by atoms with Crippen LogP contribution in [-0.2, 0) is 9.53 Å². The highest BCUT2D eigenvalue weighted by Crippen LogP contribution is 2.69. The highest BCUT2D eigenvalue weighted by atomic mass is 16.5. The highest BCUT2D eigenvalue weighted by Gasteiger charge is 2.64. The molecule has 0 aromatic rings. The van der Waals surface area contributed by atoms with Crippen LogP contribution in [0.15, 0.2) is 35.5 Å². The molecule has 1 spiro atoms. The van der Waals surface area contributed by atoms with Gasteiger partial charge in [-0.15, -0.1) is 0 Å². The van der Waals surface area contributed by atoms with E-state index in [1.165, 1.54) is 43.3 Å². The maximum atomic E-state index is 12.3.